The van der Waals surface area contributed by atoms with E-state index >= 15 is 0 Å². The van der Waals surface area contributed by atoms with Gasteiger partial charge < -0.3 is 14.2 Å². The molecule has 0 N–H and O–H groups in total. The number of ether oxygens (including phenoxy) is 3. The van der Waals surface area contributed by atoms with Crippen LogP contribution in [0.5, 0.6) is 5.75 Å². The van der Waals surface area contributed by atoms with Crippen molar-refractivity contribution >= 4 is 37.4 Å². The van der Waals surface area contributed by atoms with Crippen LogP contribution in [-0.4, -0.2) is 34.6 Å². The van der Waals surface area contributed by atoms with E-state index in [4.69, 9.17) is 25.8 Å². The van der Waals surface area contributed by atoms with Crippen LogP contribution in [0.2, 0.25) is 30.7 Å². The highest BCUT2D eigenvalue weighted by molar-refractivity contribution is 7.98. The van der Waals surface area contributed by atoms with Crippen LogP contribution < -0.4 is 4.74 Å². The average Bonchev–Trinajstić information content (AvgIpc) is 2.64. The van der Waals surface area contributed by atoms with Crippen molar-refractivity contribution < 1.29 is 19.0 Å². The molecule has 0 aromatic heterocycles. The molecule has 0 unspecified atom stereocenters. The number of rotatable bonds is 10. The van der Waals surface area contributed by atoms with Gasteiger partial charge in [0.2, 0.25) is 0 Å². The molecule has 7 heteroatoms. The fraction of sp³-hybridized carbons (Fsp3) is 0.381. The van der Waals surface area contributed by atoms with Gasteiger partial charge in [0.05, 0.1) is 6.61 Å². The predicted octanol–water partition coefficient (Wildman–Crippen LogP) is 6.11. The molecule has 2 aromatic carbocycles. The van der Waals surface area contributed by atoms with Gasteiger partial charge in [-0.1, -0.05) is 49.4 Å². The summed E-state index contributed by atoms with van der Waals surface area (Å²) in [6.45, 7) is 7.18. The maximum absolute atomic E-state index is 12.9. The third-order valence-electron chi connectivity index (χ3n) is 3.91. The van der Waals surface area contributed by atoms with Gasteiger partial charge in [0, 0.05) is 30.9 Å². The van der Waals surface area contributed by atoms with Crippen LogP contribution in [0.15, 0.2) is 47.4 Å². The molecular weight excluding hydrogens is 412 g/mol. The molecule has 0 aliphatic carbocycles. The van der Waals surface area contributed by atoms with Crippen molar-refractivity contribution in [2.24, 2.45) is 0 Å². The highest BCUT2D eigenvalue weighted by atomic mass is 35.5. The van der Waals surface area contributed by atoms with Crippen molar-refractivity contribution in [2.75, 3.05) is 20.5 Å². The number of halogens is 1. The van der Waals surface area contributed by atoms with E-state index in [2.05, 4.69) is 19.6 Å². The quantitative estimate of drug-likeness (QED) is 0.194. The smallest absolute Gasteiger partial charge is 0.342 e. The van der Waals surface area contributed by atoms with E-state index in [9.17, 15) is 4.79 Å². The zero-order valence-corrected chi connectivity index (χ0v) is 19.4. The van der Waals surface area contributed by atoms with Crippen molar-refractivity contribution in [2.45, 2.75) is 36.3 Å². The Morgan fingerprint density at radius 1 is 1.14 bits per heavy atom. The molecule has 28 heavy (non-hydrogen) atoms. The second-order valence-corrected chi connectivity index (χ2v) is 14.6. The molecule has 152 valence electrons. The summed E-state index contributed by atoms with van der Waals surface area (Å²) in [5.74, 6) is 0.576. The van der Waals surface area contributed by atoms with Crippen molar-refractivity contribution in [3.63, 3.8) is 0 Å². The Morgan fingerprint density at radius 2 is 1.86 bits per heavy atom. The number of hydrogen-bond acceptors (Lipinski definition) is 5. The molecule has 0 heterocycles. The van der Waals surface area contributed by atoms with Gasteiger partial charge in [-0.3, -0.25) is 0 Å². The van der Waals surface area contributed by atoms with Crippen molar-refractivity contribution in [3.8, 4) is 5.75 Å². The van der Waals surface area contributed by atoms with E-state index < -0.39 is 8.07 Å². The minimum atomic E-state index is -1.30. The summed E-state index contributed by atoms with van der Waals surface area (Å²) in [4.78, 5) is 14.0. The monoisotopic (exact) mass is 438 g/mol. The summed E-state index contributed by atoms with van der Waals surface area (Å²) < 4.78 is 16.2. The number of methoxy groups -OCH3 is 1. The minimum Gasteiger partial charge on any atom is -0.467 e. The highest BCUT2D eigenvalue weighted by Crippen LogP contribution is 2.33. The van der Waals surface area contributed by atoms with E-state index in [0.717, 1.165) is 16.5 Å². The first-order valence-corrected chi connectivity index (χ1v) is 14.2. The lowest BCUT2D eigenvalue weighted by molar-refractivity contribution is 0.0436. The van der Waals surface area contributed by atoms with E-state index in [1.165, 1.54) is 7.11 Å². The Morgan fingerprint density at radius 3 is 2.50 bits per heavy atom. The van der Waals surface area contributed by atoms with Crippen LogP contribution in [-0.2, 0) is 15.2 Å². The molecule has 0 radical (unpaired) electrons. The van der Waals surface area contributed by atoms with E-state index in [0.29, 0.717) is 28.7 Å². The normalized spacial score (nSPS) is 11.3. The van der Waals surface area contributed by atoms with E-state index in [-0.39, 0.29) is 12.8 Å². The molecule has 4 nitrogen and oxygen atoms in total. The standard InChI is InChI=1S/C21H27ClO4SSi/c1-24-15-26-19-13-17(22)12-16(14-27-18-8-6-5-7-9-18)20(19)21(23)25-10-11-28(2,3)4/h5-9,12-13H,10-11,14-15H2,1-4H3. The van der Waals surface area contributed by atoms with Crippen LogP contribution in [0.4, 0.5) is 0 Å². The van der Waals surface area contributed by atoms with Crippen molar-refractivity contribution in [1.82, 2.24) is 0 Å². The largest absolute Gasteiger partial charge is 0.467 e. The van der Waals surface area contributed by atoms with Crippen molar-refractivity contribution in [3.05, 3.63) is 58.6 Å². The number of carbonyl (C=O) groups excluding carboxylic acids is 1. The number of benzene rings is 2. The molecular formula is C21H27ClO4SSi. The fourth-order valence-corrected chi connectivity index (χ4v) is 4.26. The Balaban J connectivity index is 2.25. The number of hydrogen-bond donors (Lipinski definition) is 0. The third-order valence-corrected chi connectivity index (χ3v) is 6.89. The van der Waals surface area contributed by atoms with Crippen LogP contribution >= 0.6 is 23.4 Å². The Labute approximate surface area is 177 Å². The lowest BCUT2D eigenvalue weighted by Gasteiger charge is -2.18. The highest BCUT2D eigenvalue weighted by Gasteiger charge is 2.22. The molecule has 0 amide bonds. The minimum absolute atomic E-state index is 0.0286. The second-order valence-electron chi connectivity index (χ2n) is 7.54. The first kappa shape index (κ1) is 22.8. The Bertz CT molecular complexity index is 778. The molecule has 2 rings (SSSR count). The van der Waals surface area contributed by atoms with Crippen molar-refractivity contribution in [1.29, 1.82) is 0 Å². The van der Waals surface area contributed by atoms with Crippen LogP contribution in [0, 0.1) is 0 Å². The Hall–Kier alpha value is -1.47. The third kappa shape index (κ3) is 7.51. The molecule has 0 aliphatic heterocycles. The van der Waals surface area contributed by atoms with Gasteiger partial charge >= 0.3 is 5.97 Å². The molecule has 0 saturated carbocycles. The molecule has 0 atom stereocenters. The fourth-order valence-electron chi connectivity index (χ4n) is 2.42. The van der Waals surface area contributed by atoms with E-state index in [1.807, 2.05) is 30.3 Å². The maximum Gasteiger partial charge on any atom is 0.342 e. The average molecular weight is 439 g/mol. The molecule has 0 saturated heterocycles. The van der Waals surface area contributed by atoms with Gasteiger partial charge in [-0.05, 0) is 35.9 Å². The SMILES string of the molecule is COCOc1cc(Cl)cc(CSc2ccccc2)c1C(=O)OCC[Si](C)(C)C. The van der Waals surface area contributed by atoms with Gasteiger partial charge in [0.15, 0.2) is 6.79 Å². The summed E-state index contributed by atoms with van der Waals surface area (Å²) in [5.41, 5.74) is 1.20. The predicted molar refractivity (Wildman–Crippen MR) is 118 cm³/mol. The summed E-state index contributed by atoms with van der Waals surface area (Å²) in [6, 6.07) is 14.3. The summed E-state index contributed by atoms with van der Waals surface area (Å²) in [7, 11) is 0.235. The Kier molecular flexibility index (Phi) is 8.88. The van der Waals surface area contributed by atoms with Crippen LogP contribution in [0.3, 0.4) is 0 Å². The molecule has 0 spiro atoms. The molecule has 2 aromatic rings. The van der Waals surface area contributed by atoms with Gasteiger partial charge in [0.25, 0.3) is 0 Å². The molecule has 0 fully saturated rings. The number of thioether (sulfide) groups is 1. The zero-order chi connectivity index (χ0) is 20.6. The lowest BCUT2D eigenvalue weighted by Crippen LogP contribution is -2.23. The summed E-state index contributed by atoms with van der Waals surface area (Å²) >= 11 is 7.90. The zero-order valence-electron chi connectivity index (χ0n) is 16.8. The number of esters is 1. The lowest BCUT2D eigenvalue weighted by atomic mass is 10.1. The first-order chi connectivity index (χ1) is 13.3. The second kappa shape index (κ2) is 10.9. The van der Waals surface area contributed by atoms with Gasteiger partial charge in [0.1, 0.15) is 11.3 Å². The molecule has 0 bridgehead atoms. The topological polar surface area (TPSA) is 44.8 Å². The molecule has 0 aliphatic rings. The van der Waals surface area contributed by atoms with Gasteiger partial charge in [-0.2, -0.15) is 0 Å². The summed E-state index contributed by atoms with van der Waals surface area (Å²) in [5, 5.41) is 0.508. The van der Waals surface area contributed by atoms with Gasteiger partial charge in [-0.15, -0.1) is 11.8 Å². The van der Waals surface area contributed by atoms with E-state index in [1.54, 1.807) is 23.9 Å². The summed E-state index contributed by atoms with van der Waals surface area (Å²) in [6.07, 6.45) is 0. The van der Waals surface area contributed by atoms with Gasteiger partial charge in [-0.25, -0.2) is 4.79 Å². The van der Waals surface area contributed by atoms with Crippen LogP contribution in [0.25, 0.3) is 0 Å². The first-order valence-electron chi connectivity index (χ1n) is 9.09. The number of carbonyl (C=O) groups is 1. The van der Waals surface area contributed by atoms with Crippen LogP contribution in [0.1, 0.15) is 15.9 Å². The maximum atomic E-state index is 12.9.